The lowest BCUT2D eigenvalue weighted by Crippen LogP contribution is -2.48. The number of amides is 1. The van der Waals surface area contributed by atoms with Gasteiger partial charge in [0, 0.05) is 19.1 Å². The Kier molecular flexibility index (Phi) is 5.97. The van der Waals surface area contributed by atoms with Crippen LogP contribution in [0.5, 0.6) is 0 Å². The lowest BCUT2D eigenvalue weighted by atomic mass is 10.0. The standard InChI is InChI=1S/C25H25N3O4S/c1-14-13-33-24-18(9-16-3-5-17(6-4-16)21-11-32-15(2)26-21)10-20(27-23(14)24)25(30)28-19-7-8-31-12-22(19)29/h3-6,10-11,13,19,22,29H,7-9,12H2,1-2H3,(H,28,30)/t19-,22-/m0/s1. The Morgan fingerprint density at radius 1 is 1.24 bits per heavy atom. The van der Waals surface area contributed by atoms with Gasteiger partial charge in [-0.05, 0) is 47.9 Å². The minimum absolute atomic E-state index is 0.232. The molecular formula is C25H25N3O4S. The number of ether oxygens (including phenoxy) is 1. The van der Waals surface area contributed by atoms with Crippen molar-refractivity contribution in [3.05, 3.63) is 70.3 Å². The number of thiophene rings is 1. The van der Waals surface area contributed by atoms with E-state index in [-0.39, 0.29) is 18.6 Å². The van der Waals surface area contributed by atoms with Gasteiger partial charge in [0.25, 0.3) is 5.91 Å². The number of hydrogen-bond acceptors (Lipinski definition) is 7. The maximum atomic E-state index is 13.0. The molecule has 3 aromatic heterocycles. The summed E-state index contributed by atoms with van der Waals surface area (Å²) in [5.74, 6) is 0.367. The molecule has 4 heterocycles. The van der Waals surface area contributed by atoms with Crippen molar-refractivity contribution in [3.63, 3.8) is 0 Å². The molecule has 8 heteroatoms. The smallest absolute Gasteiger partial charge is 0.270 e. The highest BCUT2D eigenvalue weighted by molar-refractivity contribution is 7.17. The van der Waals surface area contributed by atoms with Crippen LogP contribution in [0.3, 0.4) is 0 Å². The van der Waals surface area contributed by atoms with Crippen LogP contribution < -0.4 is 5.32 Å². The van der Waals surface area contributed by atoms with Gasteiger partial charge in [0.1, 0.15) is 17.7 Å². The molecule has 1 amide bonds. The van der Waals surface area contributed by atoms with Crippen molar-refractivity contribution in [2.24, 2.45) is 0 Å². The van der Waals surface area contributed by atoms with Crippen LogP contribution in [-0.4, -0.2) is 46.3 Å². The van der Waals surface area contributed by atoms with E-state index in [0.29, 0.717) is 31.0 Å². The van der Waals surface area contributed by atoms with E-state index in [2.05, 4.69) is 32.8 Å². The van der Waals surface area contributed by atoms with E-state index in [0.717, 1.165) is 38.2 Å². The molecule has 7 nitrogen and oxygen atoms in total. The number of aliphatic hydroxyl groups is 1. The third-order valence-electron chi connectivity index (χ3n) is 5.92. The molecule has 4 aromatic rings. The Balaban J connectivity index is 1.42. The molecule has 1 aliphatic rings. The number of carbonyl (C=O) groups is 1. The molecule has 0 unspecified atom stereocenters. The molecule has 1 saturated heterocycles. The lowest BCUT2D eigenvalue weighted by molar-refractivity contribution is -0.0261. The molecule has 2 atom stereocenters. The fraction of sp³-hybridized carbons (Fsp3) is 0.320. The number of nitrogens with one attached hydrogen (secondary N) is 1. The van der Waals surface area contributed by atoms with Crippen molar-refractivity contribution in [2.45, 2.75) is 38.8 Å². The van der Waals surface area contributed by atoms with Crippen LogP contribution >= 0.6 is 11.3 Å². The normalized spacial score (nSPS) is 18.5. The molecule has 1 aliphatic heterocycles. The quantitative estimate of drug-likeness (QED) is 0.464. The number of oxazole rings is 1. The van der Waals surface area contributed by atoms with E-state index in [1.807, 2.05) is 32.0 Å². The van der Waals surface area contributed by atoms with E-state index in [9.17, 15) is 9.90 Å². The fourth-order valence-electron chi connectivity index (χ4n) is 4.08. The number of carbonyl (C=O) groups excluding carboxylic acids is 1. The number of benzene rings is 1. The van der Waals surface area contributed by atoms with Crippen LogP contribution in [-0.2, 0) is 11.2 Å². The number of aryl methyl sites for hydroxylation is 2. The summed E-state index contributed by atoms with van der Waals surface area (Å²) >= 11 is 1.65. The van der Waals surface area contributed by atoms with Crippen LogP contribution in [0, 0.1) is 13.8 Å². The Hall–Kier alpha value is -3.07. The first kappa shape index (κ1) is 21.8. The SMILES string of the molecule is Cc1nc(-c2ccc(Cc3cc(C(=O)N[C@H]4CCOC[C@@H]4O)nc4c(C)csc34)cc2)co1. The van der Waals surface area contributed by atoms with Crippen LogP contribution in [0.15, 0.2) is 46.4 Å². The minimum atomic E-state index is -0.708. The summed E-state index contributed by atoms with van der Waals surface area (Å²) in [5.41, 5.74) is 6.27. The van der Waals surface area contributed by atoms with E-state index in [1.165, 1.54) is 0 Å². The summed E-state index contributed by atoms with van der Waals surface area (Å²) < 4.78 is 11.7. The van der Waals surface area contributed by atoms with Gasteiger partial charge in [-0.15, -0.1) is 11.3 Å². The van der Waals surface area contributed by atoms with Gasteiger partial charge in [-0.25, -0.2) is 9.97 Å². The van der Waals surface area contributed by atoms with E-state index in [1.54, 1.807) is 17.6 Å². The van der Waals surface area contributed by atoms with Crippen molar-refractivity contribution < 1.29 is 19.1 Å². The van der Waals surface area contributed by atoms with E-state index in [4.69, 9.17) is 9.15 Å². The second-order valence-corrected chi connectivity index (χ2v) is 9.28. The zero-order valence-corrected chi connectivity index (χ0v) is 19.3. The number of hydrogen-bond donors (Lipinski definition) is 2. The largest absolute Gasteiger partial charge is 0.449 e. The third kappa shape index (κ3) is 4.55. The van der Waals surface area contributed by atoms with Crippen LogP contribution in [0.4, 0.5) is 0 Å². The molecule has 0 radical (unpaired) electrons. The number of aliphatic hydroxyl groups excluding tert-OH is 1. The number of rotatable bonds is 5. The summed E-state index contributed by atoms with van der Waals surface area (Å²) in [6.45, 7) is 4.59. The summed E-state index contributed by atoms with van der Waals surface area (Å²) in [6.07, 6.45) is 2.21. The monoisotopic (exact) mass is 463 g/mol. The van der Waals surface area contributed by atoms with Crippen molar-refractivity contribution in [1.82, 2.24) is 15.3 Å². The summed E-state index contributed by atoms with van der Waals surface area (Å²) in [7, 11) is 0. The van der Waals surface area contributed by atoms with Crippen LogP contribution in [0.2, 0.25) is 0 Å². The lowest BCUT2D eigenvalue weighted by Gasteiger charge is -2.28. The number of pyridine rings is 1. The van der Waals surface area contributed by atoms with Crippen molar-refractivity contribution in [2.75, 3.05) is 13.2 Å². The zero-order valence-electron chi connectivity index (χ0n) is 18.5. The molecule has 0 bridgehead atoms. The van der Waals surface area contributed by atoms with Gasteiger partial charge in [0.2, 0.25) is 0 Å². The molecule has 170 valence electrons. The third-order valence-corrected chi connectivity index (χ3v) is 7.08. The van der Waals surface area contributed by atoms with Crippen LogP contribution in [0.25, 0.3) is 21.5 Å². The molecule has 5 rings (SSSR count). The molecule has 0 spiro atoms. The van der Waals surface area contributed by atoms with E-state index < -0.39 is 6.10 Å². The van der Waals surface area contributed by atoms with E-state index >= 15 is 0 Å². The molecule has 1 aromatic carbocycles. The molecule has 33 heavy (non-hydrogen) atoms. The van der Waals surface area contributed by atoms with Crippen LogP contribution in [0.1, 0.15) is 39.5 Å². The molecule has 2 N–H and O–H groups in total. The first-order chi connectivity index (χ1) is 16.0. The van der Waals surface area contributed by atoms with Crippen molar-refractivity contribution in [3.8, 4) is 11.3 Å². The Morgan fingerprint density at radius 2 is 2.06 bits per heavy atom. The Morgan fingerprint density at radius 3 is 2.79 bits per heavy atom. The van der Waals surface area contributed by atoms with Gasteiger partial charge in [-0.1, -0.05) is 24.3 Å². The predicted molar refractivity (Wildman–Crippen MR) is 127 cm³/mol. The van der Waals surface area contributed by atoms with Gasteiger partial charge in [-0.3, -0.25) is 4.79 Å². The van der Waals surface area contributed by atoms with Crippen molar-refractivity contribution in [1.29, 1.82) is 0 Å². The molecule has 0 aliphatic carbocycles. The van der Waals surface area contributed by atoms with Gasteiger partial charge in [0.15, 0.2) is 5.89 Å². The van der Waals surface area contributed by atoms with Gasteiger partial charge >= 0.3 is 0 Å². The predicted octanol–water partition coefficient (Wildman–Crippen LogP) is 4.04. The second kappa shape index (κ2) is 9.05. The second-order valence-electron chi connectivity index (χ2n) is 8.40. The summed E-state index contributed by atoms with van der Waals surface area (Å²) in [4.78, 5) is 22.0. The minimum Gasteiger partial charge on any atom is -0.449 e. The number of nitrogens with zero attached hydrogens (tertiary/aromatic N) is 2. The maximum Gasteiger partial charge on any atom is 0.270 e. The average molecular weight is 464 g/mol. The molecule has 0 saturated carbocycles. The Labute approximate surface area is 195 Å². The topological polar surface area (TPSA) is 97.5 Å². The van der Waals surface area contributed by atoms with Gasteiger partial charge in [0.05, 0.1) is 29.0 Å². The zero-order chi connectivity index (χ0) is 22.9. The van der Waals surface area contributed by atoms with Gasteiger partial charge in [-0.2, -0.15) is 0 Å². The Bertz CT molecular complexity index is 1290. The first-order valence-corrected chi connectivity index (χ1v) is 11.8. The highest BCUT2D eigenvalue weighted by atomic mass is 32.1. The summed E-state index contributed by atoms with van der Waals surface area (Å²) in [6, 6.07) is 9.75. The molecular weight excluding hydrogens is 438 g/mol. The average Bonchev–Trinajstić information content (AvgIpc) is 3.42. The highest BCUT2D eigenvalue weighted by Gasteiger charge is 2.26. The highest BCUT2D eigenvalue weighted by Crippen LogP contribution is 2.30. The maximum absolute atomic E-state index is 13.0. The summed E-state index contributed by atoms with van der Waals surface area (Å²) in [5, 5.41) is 15.1. The number of aromatic nitrogens is 2. The van der Waals surface area contributed by atoms with Gasteiger partial charge < -0.3 is 19.6 Å². The first-order valence-electron chi connectivity index (χ1n) is 10.9. The fourth-order valence-corrected chi connectivity index (χ4v) is 5.09. The van der Waals surface area contributed by atoms with Crippen molar-refractivity contribution >= 4 is 27.5 Å². The molecule has 1 fully saturated rings. The number of fused-ring (bicyclic) bond motifs is 1.